The van der Waals surface area contributed by atoms with E-state index in [0.29, 0.717) is 10.2 Å². The van der Waals surface area contributed by atoms with Gasteiger partial charge in [-0.25, -0.2) is 0 Å². The predicted octanol–water partition coefficient (Wildman–Crippen LogP) is 2.24. The number of benzene rings is 1. The summed E-state index contributed by atoms with van der Waals surface area (Å²) in [5, 5.41) is 0.592. The summed E-state index contributed by atoms with van der Waals surface area (Å²) < 4.78 is 12.2. The number of aromatic amines is 1. The van der Waals surface area contributed by atoms with Crippen LogP contribution in [0.15, 0.2) is 29.1 Å². The molecule has 102 valence electrons. The third-order valence-electron chi connectivity index (χ3n) is 3.10. The predicted molar refractivity (Wildman–Crippen MR) is 75.9 cm³/mol. The summed E-state index contributed by atoms with van der Waals surface area (Å²) in [6.45, 7) is 1.83. The number of ether oxygens (including phenoxy) is 2. The molecule has 1 aromatic heterocycles. The van der Waals surface area contributed by atoms with Crippen LogP contribution in [-0.4, -0.2) is 30.1 Å². The van der Waals surface area contributed by atoms with Gasteiger partial charge in [-0.2, -0.15) is 0 Å². The Morgan fingerprint density at radius 2 is 1.89 bits per heavy atom. The molecule has 2 aromatic rings. The van der Waals surface area contributed by atoms with E-state index < -0.39 is 6.29 Å². The van der Waals surface area contributed by atoms with Crippen LogP contribution in [0, 0.1) is 4.77 Å². The van der Waals surface area contributed by atoms with Crippen LogP contribution < -0.4 is 5.56 Å². The van der Waals surface area contributed by atoms with E-state index in [-0.39, 0.29) is 11.6 Å². The lowest BCUT2D eigenvalue weighted by molar-refractivity contribution is -0.129. The Morgan fingerprint density at radius 3 is 2.53 bits per heavy atom. The van der Waals surface area contributed by atoms with Crippen molar-refractivity contribution in [3.8, 4) is 0 Å². The Labute approximate surface area is 115 Å². The minimum atomic E-state index is -0.533. The number of fused-ring (bicyclic) bond motifs is 1. The van der Waals surface area contributed by atoms with Gasteiger partial charge in [0.1, 0.15) is 0 Å². The molecule has 0 saturated carbocycles. The van der Waals surface area contributed by atoms with Crippen LogP contribution in [0.2, 0.25) is 0 Å². The molecule has 0 radical (unpaired) electrons. The van der Waals surface area contributed by atoms with Crippen LogP contribution in [0.3, 0.4) is 0 Å². The Hall–Kier alpha value is -1.50. The Kier molecular flexibility index (Phi) is 4.14. The zero-order valence-electron chi connectivity index (χ0n) is 11.0. The number of H-pyrrole nitrogens is 1. The van der Waals surface area contributed by atoms with Crippen LogP contribution in [0.25, 0.3) is 10.9 Å². The topological polar surface area (TPSA) is 56.2 Å². The maximum Gasteiger partial charge on any atom is 0.262 e. The van der Waals surface area contributed by atoms with E-state index in [1.807, 2.05) is 25.1 Å². The van der Waals surface area contributed by atoms with E-state index in [9.17, 15) is 4.79 Å². The smallest absolute Gasteiger partial charge is 0.262 e. The van der Waals surface area contributed by atoms with Gasteiger partial charge < -0.3 is 14.5 Å². The van der Waals surface area contributed by atoms with Gasteiger partial charge in [-0.15, -0.1) is 0 Å². The molecule has 0 amide bonds. The first-order valence-electron chi connectivity index (χ1n) is 5.89. The molecule has 1 atom stereocenters. The van der Waals surface area contributed by atoms with Gasteiger partial charge in [0.2, 0.25) is 0 Å². The van der Waals surface area contributed by atoms with E-state index in [1.165, 1.54) is 18.8 Å². The fourth-order valence-electron chi connectivity index (χ4n) is 2.16. The van der Waals surface area contributed by atoms with Crippen LogP contribution in [0.4, 0.5) is 0 Å². The van der Waals surface area contributed by atoms with Gasteiger partial charge in [0.25, 0.3) is 5.56 Å². The molecule has 0 unspecified atom stereocenters. The molecule has 5 nitrogen and oxygen atoms in total. The lowest BCUT2D eigenvalue weighted by Crippen LogP contribution is -2.34. The average molecular weight is 280 g/mol. The van der Waals surface area contributed by atoms with Crippen LogP contribution in [-0.2, 0) is 9.47 Å². The van der Waals surface area contributed by atoms with Crippen LogP contribution in [0.1, 0.15) is 13.0 Å². The molecule has 0 aliphatic heterocycles. The minimum absolute atomic E-state index is 0.147. The van der Waals surface area contributed by atoms with Gasteiger partial charge in [0.15, 0.2) is 11.1 Å². The fraction of sp³-hybridized carbons (Fsp3) is 0.385. The third kappa shape index (κ3) is 2.47. The lowest BCUT2D eigenvalue weighted by Gasteiger charge is -2.23. The molecule has 0 spiro atoms. The van der Waals surface area contributed by atoms with Gasteiger partial charge in [-0.05, 0) is 31.3 Å². The maximum absolute atomic E-state index is 12.5. The van der Waals surface area contributed by atoms with Crippen LogP contribution >= 0.6 is 12.2 Å². The SMILES string of the molecule is COC(OC)[C@H](C)n1c(=S)[nH]c2ccccc2c1=O. The van der Waals surface area contributed by atoms with Crippen molar-refractivity contribution >= 4 is 23.1 Å². The molecule has 6 heteroatoms. The molecular weight excluding hydrogens is 264 g/mol. The molecule has 1 heterocycles. The first-order valence-corrected chi connectivity index (χ1v) is 6.30. The van der Waals surface area contributed by atoms with E-state index in [0.717, 1.165) is 5.52 Å². The van der Waals surface area contributed by atoms with E-state index in [2.05, 4.69) is 4.98 Å². The highest BCUT2D eigenvalue weighted by Gasteiger charge is 2.20. The van der Waals surface area contributed by atoms with Crippen LogP contribution in [0.5, 0.6) is 0 Å². The fourth-order valence-corrected chi connectivity index (χ4v) is 2.52. The van der Waals surface area contributed by atoms with Crippen molar-refractivity contribution in [1.29, 1.82) is 0 Å². The number of hydrogen-bond acceptors (Lipinski definition) is 4. The largest absolute Gasteiger partial charge is 0.354 e. The molecular formula is C13H16N2O3S. The van der Waals surface area contributed by atoms with Gasteiger partial charge in [0, 0.05) is 14.2 Å². The summed E-state index contributed by atoms with van der Waals surface area (Å²) in [4.78, 5) is 15.5. The van der Waals surface area contributed by atoms with E-state index in [4.69, 9.17) is 21.7 Å². The summed E-state index contributed by atoms with van der Waals surface area (Å²) in [7, 11) is 3.06. The van der Waals surface area contributed by atoms with E-state index in [1.54, 1.807) is 6.07 Å². The monoisotopic (exact) mass is 280 g/mol. The Balaban J connectivity index is 2.67. The zero-order chi connectivity index (χ0) is 14.0. The summed E-state index contributed by atoms with van der Waals surface area (Å²) in [5.74, 6) is 0. The minimum Gasteiger partial charge on any atom is -0.354 e. The molecule has 1 aromatic carbocycles. The molecule has 0 fully saturated rings. The van der Waals surface area contributed by atoms with Gasteiger partial charge in [-0.1, -0.05) is 12.1 Å². The first kappa shape index (κ1) is 13.9. The summed E-state index contributed by atoms with van der Waals surface area (Å²) in [6.07, 6.45) is -0.533. The lowest BCUT2D eigenvalue weighted by atomic mass is 10.2. The van der Waals surface area contributed by atoms with Crippen molar-refractivity contribution in [3.63, 3.8) is 0 Å². The molecule has 0 aliphatic carbocycles. The summed E-state index contributed by atoms with van der Waals surface area (Å²) in [6, 6.07) is 6.94. The van der Waals surface area contributed by atoms with Gasteiger partial charge >= 0.3 is 0 Å². The number of rotatable bonds is 4. The summed E-state index contributed by atoms with van der Waals surface area (Å²) in [5.41, 5.74) is 0.582. The third-order valence-corrected chi connectivity index (χ3v) is 3.40. The van der Waals surface area contributed by atoms with Gasteiger partial charge in [0.05, 0.1) is 16.9 Å². The number of nitrogens with one attached hydrogen (secondary N) is 1. The number of para-hydroxylation sites is 1. The number of aromatic nitrogens is 2. The highest BCUT2D eigenvalue weighted by atomic mass is 32.1. The van der Waals surface area contributed by atoms with Crippen molar-refractivity contribution in [1.82, 2.24) is 9.55 Å². The second-order valence-corrected chi connectivity index (χ2v) is 4.62. The number of nitrogens with zero attached hydrogens (tertiary/aromatic N) is 1. The van der Waals surface area contributed by atoms with Crippen molar-refractivity contribution in [2.45, 2.75) is 19.3 Å². The number of methoxy groups -OCH3 is 2. The quantitative estimate of drug-likeness (QED) is 0.689. The van der Waals surface area contributed by atoms with Crippen molar-refractivity contribution < 1.29 is 9.47 Å². The highest BCUT2D eigenvalue weighted by Crippen LogP contribution is 2.15. The second-order valence-electron chi connectivity index (χ2n) is 4.23. The van der Waals surface area contributed by atoms with E-state index >= 15 is 0 Å². The molecule has 19 heavy (non-hydrogen) atoms. The molecule has 1 N–H and O–H groups in total. The Bertz CT molecular complexity index is 688. The maximum atomic E-state index is 12.5. The van der Waals surface area contributed by atoms with Crippen molar-refractivity contribution in [3.05, 3.63) is 39.4 Å². The standard InChI is InChI=1S/C13H16N2O3S/c1-8(12(17-2)18-3)15-11(16)9-6-4-5-7-10(9)14-13(15)19/h4-8,12H,1-3H3,(H,14,19)/t8-/m0/s1. The molecule has 0 bridgehead atoms. The van der Waals surface area contributed by atoms with Gasteiger partial charge in [-0.3, -0.25) is 9.36 Å². The first-order chi connectivity index (χ1) is 9.10. The second kappa shape index (κ2) is 5.64. The zero-order valence-corrected chi connectivity index (χ0v) is 11.9. The molecule has 2 rings (SSSR count). The Morgan fingerprint density at radius 1 is 1.26 bits per heavy atom. The average Bonchev–Trinajstić information content (AvgIpc) is 2.40. The normalized spacial score (nSPS) is 13.1. The summed E-state index contributed by atoms with van der Waals surface area (Å²) >= 11 is 5.25. The highest BCUT2D eigenvalue weighted by molar-refractivity contribution is 7.71. The molecule has 0 saturated heterocycles. The van der Waals surface area contributed by atoms with Crippen molar-refractivity contribution in [2.75, 3.05) is 14.2 Å². The molecule has 0 aliphatic rings. The van der Waals surface area contributed by atoms with Crippen molar-refractivity contribution in [2.24, 2.45) is 0 Å². The number of hydrogen-bond donors (Lipinski definition) is 1.